The van der Waals surface area contributed by atoms with Gasteiger partial charge in [0, 0.05) is 31.7 Å². The zero-order valence-electron chi connectivity index (χ0n) is 14.9. The van der Waals surface area contributed by atoms with Gasteiger partial charge in [-0.25, -0.2) is 4.79 Å². The van der Waals surface area contributed by atoms with E-state index in [4.69, 9.17) is 9.47 Å². The van der Waals surface area contributed by atoms with Crippen LogP contribution in [0, 0.1) is 0 Å². The fraction of sp³-hybridized carbons (Fsp3) is 0.333. The number of rotatable bonds is 7. The van der Waals surface area contributed by atoms with Crippen LogP contribution < -0.4 is 5.32 Å². The Morgan fingerprint density at radius 3 is 2.81 bits per heavy atom. The van der Waals surface area contributed by atoms with Crippen LogP contribution in [0.1, 0.15) is 51.3 Å². The Morgan fingerprint density at radius 2 is 2.04 bits per heavy atom. The molecule has 0 saturated heterocycles. The van der Waals surface area contributed by atoms with Crippen LogP contribution in [0.5, 0.6) is 0 Å². The molecule has 1 aliphatic heterocycles. The smallest absolute Gasteiger partial charge is 0.339 e. The van der Waals surface area contributed by atoms with Gasteiger partial charge in [0.1, 0.15) is 6.10 Å². The van der Waals surface area contributed by atoms with Gasteiger partial charge in [0.2, 0.25) is 0 Å². The molecule has 0 saturated carbocycles. The van der Waals surface area contributed by atoms with Gasteiger partial charge in [-0.15, -0.1) is 0 Å². The maximum Gasteiger partial charge on any atom is 0.339 e. The van der Waals surface area contributed by atoms with Crippen LogP contribution in [-0.2, 0) is 15.9 Å². The molecule has 0 bridgehead atoms. The minimum atomic E-state index is -0.344. The highest BCUT2D eigenvalue weighted by Gasteiger charge is 2.28. The van der Waals surface area contributed by atoms with E-state index in [2.05, 4.69) is 5.32 Å². The van der Waals surface area contributed by atoms with Gasteiger partial charge in [0.25, 0.3) is 5.91 Å². The summed E-state index contributed by atoms with van der Waals surface area (Å²) in [7, 11) is 0. The molecular formula is C21H23NO4. The van der Waals surface area contributed by atoms with Gasteiger partial charge in [-0.3, -0.25) is 4.79 Å². The van der Waals surface area contributed by atoms with Gasteiger partial charge in [0.05, 0.1) is 5.56 Å². The molecule has 0 aromatic heterocycles. The molecule has 1 amide bonds. The summed E-state index contributed by atoms with van der Waals surface area (Å²) in [5.41, 5.74) is 2.89. The largest absolute Gasteiger partial charge is 0.454 e. The summed E-state index contributed by atoms with van der Waals surface area (Å²) >= 11 is 0. The van der Waals surface area contributed by atoms with Crippen LogP contribution in [0.4, 0.5) is 0 Å². The molecule has 136 valence electrons. The van der Waals surface area contributed by atoms with E-state index in [9.17, 15) is 9.59 Å². The maximum atomic E-state index is 12.3. The molecule has 0 aliphatic carbocycles. The number of carbonyl (C=O) groups is 2. The Kier molecular flexibility index (Phi) is 6.02. The van der Waals surface area contributed by atoms with Gasteiger partial charge < -0.3 is 14.8 Å². The van der Waals surface area contributed by atoms with Crippen LogP contribution in [0.3, 0.4) is 0 Å². The van der Waals surface area contributed by atoms with E-state index in [1.54, 1.807) is 18.2 Å². The predicted molar refractivity (Wildman–Crippen MR) is 98.2 cm³/mol. The predicted octanol–water partition coefficient (Wildman–Crippen LogP) is 3.30. The maximum absolute atomic E-state index is 12.3. The first-order chi connectivity index (χ1) is 12.7. The lowest BCUT2D eigenvalue weighted by Crippen LogP contribution is -2.27. The Balaban J connectivity index is 1.69. The van der Waals surface area contributed by atoms with Crippen molar-refractivity contribution >= 4 is 11.9 Å². The summed E-state index contributed by atoms with van der Waals surface area (Å²) in [6, 6.07) is 14.8. The zero-order chi connectivity index (χ0) is 18.4. The SMILES string of the molecule is CCOCCCNC(=O)c1ccc2c(c1)C[C@@H](c1ccccc1)OC2=O. The number of fused-ring (bicyclic) bond motifs is 1. The Labute approximate surface area is 153 Å². The molecule has 0 unspecified atom stereocenters. The van der Waals surface area contributed by atoms with E-state index in [1.807, 2.05) is 37.3 Å². The fourth-order valence-corrected chi connectivity index (χ4v) is 3.01. The average molecular weight is 353 g/mol. The van der Waals surface area contributed by atoms with Gasteiger partial charge in [-0.2, -0.15) is 0 Å². The van der Waals surface area contributed by atoms with E-state index < -0.39 is 0 Å². The van der Waals surface area contributed by atoms with Crippen molar-refractivity contribution in [3.63, 3.8) is 0 Å². The first-order valence-electron chi connectivity index (χ1n) is 8.94. The number of cyclic esters (lactones) is 1. The molecule has 5 heteroatoms. The number of carbonyl (C=O) groups excluding carboxylic acids is 2. The number of hydrogen-bond donors (Lipinski definition) is 1. The molecule has 1 N–H and O–H groups in total. The van der Waals surface area contributed by atoms with Crippen molar-refractivity contribution < 1.29 is 19.1 Å². The summed E-state index contributed by atoms with van der Waals surface area (Å²) in [5.74, 6) is -0.483. The summed E-state index contributed by atoms with van der Waals surface area (Å²) in [4.78, 5) is 24.6. The molecule has 5 nitrogen and oxygen atoms in total. The van der Waals surface area contributed by atoms with E-state index in [1.165, 1.54) is 0 Å². The lowest BCUT2D eigenvalue weighted by molar-refractivity contribution is 0.0252. The van der Waals surface area contributed by atoms with Crippen molar-refractivity contribution in [2.24, 2.45) is 0 Å². The third-order valence-corrected chi connectivity index (χ3v) is 4.37. The monoisotopic (exact) mass is 353 g/mol. The molecule has 0 radical (unpaired) electrons. The van der Waals surface area contributed by atoms with E-state index in [-0.39, 0.29) is 18.0 Å². The summed E-state index contributed by atoms with van der Waals surface area (Å²) < 4.78 is 10.8. The molecule has 0 fully saturated rings. The van der Waals surface area contributed by atoms with Crippen molar-refractivity contribution in [3.8, 4) is 0 Å². The number of nitrogens with one attached hydrogen (secondary N) is 1. The molecule has 0 spiro atoms. The molecule has 1 heterocycles. The minimum Gasteiger partial charge on any atom is -0.454 e. The number of esters is 1. The molecule has 2 aromatic carbocycles. The summed E-state index contributed by atoms with van der Waals surface area (Å²) in [5, 5.41) is 2.88. The third-order valence-electron chi connectivity index (χ3n) is 4.37. The molecule has 1 atom stereocenters. The normalized spacial score (nSPS) is 15.9. The highest BCUT2D eigenvalue weighted by molar-refractivity contribution is 5.97. The van der Waals surface area contributed by atoms with Crippen LogP contribution in [0.15, 0.2) is 48.5 Å². The number of ether oxygens (including phenoxy) is 2. The van der Waals surface area contributed by atoms with E-state index >= 15 is 0 Å². The van der Waals surface area contributed by atoms with Gasteiger partial charge in [-0.05, 0) is 42.7 Å². The van der Waals surface area contributed by atoms with Crippen molar-refractivity contribution in [1.29, 1.82) is 0 Å². The summed E-state index contributed by atoms with van der Waals surface area (Å²) in [6.07, 6.45) is 1.02. The Bertz CT molecular complexity index is 773. The zero-order valence-corrected chi connectivity index (χ0v) is 14.9. The molecule has 2 aromatic rings. The highest BCUT2D eigenvalue weighted by Crippen LogP contribution is 2.30. The van der Waals surface area contributed by atoms with Crippen LogP contribution in [0.25, 0.3) is 0 Å². The first kappa shape index (κ1) is 18.1. The van der Waals surface area contributed by atoms with Gasteiger partial charge in [-0.1, -0.05) is 30.3 Å². The number of benzene rings is 2. The standard InChI is InChI=1S/C21H23NO4/c1-2-25-12-6-11-22-20(23)16-9-10-18-17(13-16)14-19(26-21(18)24)15-7-4-3-5-8-15/h3-5,7-10,13,19H,2,6,11-12,14H2,1H3,(H,22,23)/t19-/m0/s1. The topological polar surface area (TPSA) is 64.6 Å². The third kappa shape index (κ3) is 4.29. The number of hydrogen-bond acceptors (Lipinski definition) is 4. The van der Waals surface area contributed by atoms with Crippen molar-refractivity contribution in [1.82, 2.24) is 5.32 Å². The second-order valence-corrected chi connectivity index (χ2v) is 6.19. The lowest BCUT2D eigenvalue weighted by Gasteiger charge is -2.25. The minimum absolute atomic E-state index is 0.139. The molecule has 26 heavy (non-hydrogen) atoms. The van der Waals surface area contributed by atoms with Crippen molar-refractivity contribution in [2.45, 2.75) is 25.9 Å². The number of amides is 1. The van der Waals surface area contributed by atoms with Crippen LogP contribution in [-0.4, -0.2) is 31.6 Å². The van der Waals surface area contributed by atoms with E-state index in [0.717, 1.165) is 17.5 Å². The Morgan fingerprint density at radius 1 is 1.23 bits per heavy atom. The van der Waals surface area contributed by atoms with Gasteiger partial charge >= 0.3 is 5.97 Å². The second-order valence-electron chi connectivity index (χ2n) is 6.19. The molecule has 3 rings (SSSR count). The van der Waals surface area contributed by atoms with Crippen molar-refractivity contribution in [3.05, 3.63) is 70.8 Å². The molecular weight excluding hydrogens is 330 g/mol. The fourth-order valence-electron chi connectivity index (χ4n) is 3.01. The van der Waals surface area contributed by atoms with E-state index in [0.29, 0.717) is 37.3 Å². The summed E-state index contributed by atoms with van der Waals surface area (Å²) in [6.45, 7) is 3.81. The quantitative estimate of drug-likeness (QED) is 0.613. The Hall–Kier alpha value is -2.66. The van der Waals surface area contributed by atoms with Crippen LogP contribution >= 0.6 is 0 Å². The average Bonchev–Trinajstić information content (AvgIpc) is 2.68. The second kappa shape index (κ2) is 8.63. The molecule has 1 aliphatic rings. The van der Waals surface area contributed by atoms with Crippen LogP contribution in [0.2, 0.25) is 0 Å². The van der Waals surface area contributed by atoms with Gasteiger partial charge in [0.15, 0.2) is 0 Å². The first-order valence-corrected chi connectivity index (χ1v) is 8.94. The highest BCUT2D eigenvalue weighted by atomic mass is 16.5. The van der Waals surface area contributed by atoms with Crippen molar-refractivity contribution in [2.75, 3.05) is 19.8 Å². The lowest BCUT2D eigenvalue weighted by atomic mass is 9.93.